The van der Waals surface area contributed by atoms with E-state index in [1.165, 1.54) is 0 Å². The first-order valence-electron chi connectivity index (χ1n) is 7.04. The van der Waals surface area contributed by atoms with Gasteiger partial charge in [-0.3, -0.25) is 4.79 Å². The van der Waals surface area contributed by atoms with Crippen molar-refractivity contribution in [2.45, 2.75) is 13.5 Å². The molecule has 0 saturated carbocycles. The summed E-state index contributed by atoms with van der Waals surface area (Å²) in [6.07, 6.45) is 0. The lowest BCUT2D eigenvalue weighted by Gasteiger charge is -2.09. The van der Waals surface area contributed by atoms with Crippen LogP contribution < -0.4 is 14.8 Å². The molecule has 0 saturated heterocycles. The average Bonchev–Trinajstić information content (AvgIpc) is 3.21. The van der Waals surface area contributed by atoms with Crippen LogP contribution in [0.1, 0.15) is 17.4 Å². The third kappa shape index (κ3) is 2.03. The first-order valence-corrected chi connectivity index (χ1v) is 7.92. The number of ether oxygens (including phenoxy) is 2. The highest BCUT2D eigenvalue weighted by molar-refractivity contribution is 7.16. The van der Waals surface area contributed by atoms with Gasteiger partial charge in [0.25, 0.3) is 5.91 Å². The molecule has 0 atom stereocenters. The van der Waals surface area contributed by atoms with Gasteiger partial charge in [-0.2, -0.15) is 0 Å². The van der Waals surface area contributed by atoms with Gasteiger partial charge in [0.05, 0.1) is 0 Å². The quantitative estimate of drug-likeness (QED) is 0.802. The van der Waals surface area contributed by atoms with E-state index in [2.05, 4.69) is 5.32 Å². The van der Waals surface area contributed by atoms with E-state index in [4.69, 9.17) is 9.47 Å². The number of amides is 1. The molecule has 0 aliphatic carbocycles. The Kier molecular flexibility index (Phi) is 3.04. The zero-order valence-electron chi connectivity index (χ0n) is 12.0. The summed E-state index contributed by atoms with van der Waals surface area (Å²) in [6.45, 7) is 3.02. The number of hydrogen-bond acceptors (Lipinski definition) is 4. The molecule has 0 radical (unpaired) electrons. The molecule has 0 unspecified atom stereocenters. The Bertz CT molecular complexity index is 866. The van der Waals surface area contributed by atoms with E-state index in [1.54, 1.807) is 23.5 Å². The Morgan fingerprint density at radius 3 is 3.00 bits per heavy atom. The third-order valence-corrected chi connectivity index (χ3v) is 4.63. The lowest BCUT2D eigenvalue weighted by molar-refractivity contribution is 0.101. The number of nitrogens with zero attached hydrogens (tertiary/aromatic N) is 1. The fourth-order valence-corrected chi connectivity index (χ4v) is 3.61. The van der Waals surface area contributed by atoms with Crippen molar-refractivity contribution in [3.05, 3.63) is 41.4 Å². The van der Waals surface area contributed by atoms with Gasteiger partial charge in [0.15, 0.2) is 11.5 Å². The molecular weight excluding hydrogens is 300 g/mol. The molecular formula is C16H14N2O3S. The molecule has 1 aromatic carbocycles. The van der Waals surface area contributed by atoms with E-state index >= 15 is 0 Å². The van der Waals surface area contributed by atoms with E-state index in [0.29, 0.717) is 22.9 Å². The third-order valence-electron chi connectivity index (χ3n) is 3.68. The molecule has 1 aliphatic rings. The molecule has 1 N–H and O–H groups in total. The normalized spacial score (nSPS) is 12.8. The molecule has 1 aliphatic heterocycles. The first kappa shape index (κ1) is 13.2. The molecule has 5 nitrogen and oxygen atoms in total. The Hall–Kier alpha value is -2.47. The molecule has 4 rings (SSSR count). The summed E-state index contributed by atoms with van der Waals surface area (Å²) >= 11 is 1.65. The van der Waals surface area contributed by atoms with E-state index in [-0.39, 0.29) is 12.7 Å². The summed E-state index contributed by atoms with van der Waals surface area (Å²) in [5, 5.41) is 6.06. The second kappa shape index (κ2) is 5.06. The predicted octanol–water partition coefficient (Wildman–Crippen LogP) is 3.70. The van der Waals surface area contributed by atoms with Crippen molar-refractivity contribution in [2.75, 3.05) is 12.1 Å². The monoisotopic (exact) mass is 314 g/mol. The highest BCUT2D eigenvalue weighted by Gasteiger charge is 2.18. The van der Waals surface area contributed by atoms with E-state index in [1.807, 2.05) is 35.1 Å². The predicted molar refractivity (Wildman–Crippen MR) is 86.0 cm³/mol. The van der Waals surface area contributed by atoms with Gasteiger partial charge in [-0.1, -0.05) is 0 Å². The van der Waals surface area contributed by atoms with E-state index in [0.717, 1.165) is 16.8 Å². The van der Waals surface area contributed by atoms with Crippen molar-refractivity contribution in [1.29, 1.82) is 0 Å². The molecule has 0 spiro atoms. The number of rotatable bonds is 3. The minimum Gasteiger partial charge on any atom is -0.454 e. The molecule has 2 aromatic heterocycles. The zero-order chi connectivity index (χ0) is 15.1. The summed E-state index contributed by atoms with van der Waals surface area (Å²) in [4.78, 5) is 13.7. The fraction of sp³-hybridized carbons (Fsp3) is 0.188. The van der Waals surface area contributed by atoms with Crippen molar-refractivity contribution in [2.24, 2.45) is 0 Å². The maximum atomic E-state index is 12.6. The van der Waals surface area contributed by atoms with Crippen LogP contribution >= 0.6 is 11.3 Å². The summed E-state index contributed by atoms with van der Waals surface area (Å²) in [5.41, 5.74) is 1.36. The number of benzene rings is 1. The van der Waals surface area contributed by atoms with Crippen LogP contribution in [0.4, 0.5) is 5.69 Å². The van der Waals surface area contributed by atoms with Gasteiger partial charge >= 0.3 is 0 Å². The Labute approximate surface area is 131 Å². The largest absolute Gasteiger partial charge is 0.454 e. The molecule has 112 valence electrons. The van der Waals surface area contributed by atoms with E-state index < -0.39 is 0 Å². The highest BCUT2D eigenvalue weighted by atomic mass is 32.1. The van der Waals surface area contributed by atoms with Crippen LogP contribution in [0.2, 0.25) is 0 Å². The van der Waals surface area contributed by atoms with Gasteiger partial charge in [0.2, 0.25) is 6.79 Å². The molecule has 3 aromatic rings. The van der Waals surface area contributed by atoms with Crippen molar-refractivity contribution in [3.63, 3.8) is 0 Å². The van der Waals surface area contributed by atoms with Gasteiger partial charge in [-0.05, 0) is 36.6 Å². The van der Waals surface area contributed by atoms with Crippen LogP contribution in [0.3, 0.4) is 0 Å². The summed E-state index contributed by atoms with van der Waals surface area (Å²) in [6, 6.07) is 9.35. The average molecular weight is 314 g/mol. The molecule has 6 heteroatoms. The number of carbonyl (C=O) groups excluding carboxylic acids is 1. The van der Waals surface area contributed by atoms with Crippen LogP contribution in [0.5, 0.6) is 11.5 Å². The number of aryl methyl sites for hydroxylation is 1. The summed E-state index contributed by atoms with van der Waals surface area (Å²) < 4.78 is 12.6. The Morgan fingerprint density at radius 1 is 1.27 bits per heavy atom. The Morgan fingerprint density at radius 2 is 2.14 bits per heavy atom. The van der Waals surface area contributed by atoms with Crippen molar-refractivity contribution >= 4 is 33.1 Å². The number of thiophene rings is 1. The molecule has 22 heavy (non-hydrogen) atoms. The maximum absolute atomic E-state index is 12.6. The zero-order valence-corrected chi connectivity index (χ0v) is 12.8. The smallest absolute Gasteiger partial charge is 0.272 e. The van der Waals surface area contributed by atoms with E-state index in [9.17, 15) is 4.79 Å². The topological polar surface area (TPSA) is 52.5 Å². The van der Waals surface area contributed by atoms with Crippen molar-refractivity contribution in [1.82, 2.24) is 4.57 Å². The lowest BCUT2D eigenvalue weighted by Crippen LogP contribution is -2.16. The maximum Gasteiger partial charge on any atom is 0.272 e. The van der Waals surface area contributed by atoms with Gasteiger partial charge in [0, 0.05) is 23.7 Å². The van der Waals surface area contributed by atoms with Crippen LogP contribution in [0.25, 0.3) is 10.2 Å². The second-order valence-electron chi connectivity index (χ2n) is 4.98. The summed E-state index contributed by atoms with van der Waals surface area (Å²) in [7, 11) is 0. The second-order valence-corrected chi connectivity index (χ2v) is 5.87. The molecule has 0 fully saturated rings. The van der Waals surface area contributed by atoms with Crippen LogP contribution in [0, 0.1) is 0 Å². The minimum absolute atomic E-state index is 0.121. The Balaban J connectivity index is 1.64. The van der Waals surface area contributed by atoms with Crippen molar-refractivity contribution < 1.29 is 14.3 Å². The van der Waals surface area contributed by atoms with Crippen LogP contribution in [-0.4, -0.2) is 17.3 Å². The number of carbonyl (C=O) groups is 1. The number of aromatic nitrogens is 1. The molecule has 3 heterocycles. The number of anilines is 1. The lowest BCUT2D eigenvalue weighted by atomic mass is 10.2. The number of fused-ring (bicyclic) bond motifs is 2. The molecule has 0 bridgehead atoms. The van der Waals surface area contributed by atoms with Gasteiger partial charge in [-0.15, -0.1) is 11.3 Å². The van der Waals surface area contributed by atoms with Gasteiger partial charge < -0.3 is 19.4 Å². The first-order chi connectivity index (χ1) is 10.8. The highest BCUT2D eigenvalue weighted by Crippen LogP contribution is 2.34. The van der Waals surface area contributed by atoms with Crippen molar-refractivity contribution in [3.8, 4) is 11.5 Å². The fourth-order valence-electron chi connectivity index (χ4n) is 2.65. The summed E-state index contributed by atoms with van der Waals surface area (Å²) in [5.74, 6) is 1.24. The van der Waals surface area contributed by atoms with Gasteiger partial charge in [-0.25, -0.2) is 0 Å². The van der Waals surface area contributed by atoms with Crippen LogP contribution in [0.15, 0.2) is 35.7 Å². The minimum atomic E-state index is -0.121. The number of nitrogens with one attached hydrogen (secondary N) is 1. The van der Waals surface area contributed by atoms with Gasteiger partial charge in [0.1, 0.15) is 10.5 Å². The standard InChI is InChI=1S/C16H14N2O3S/c1-2-18-12(7-10-5-6-22-16(10)18)15(19)17-11-3-4-13-14(8-11)21-9-20-13/h3-8H,2,9H2,1H3,(H,17,19). The van der Waals surface area contributed by atoms with Crippen LogP contribution in [-0.2, 0) is 6.54 Å². The SMILES string of the molecule is CCn1c(C(=O)Nc2ccc3c(c2)OCO3)cc2ccsc21. The molecule has 1 amide bonds. The number of hydrogen-bond donors (Lipinski definition) is 1.